The Balaban J connectivity index is 2.03. The van der Waals surface area contributed by atoms with E-state index in [9.17, 15) is 0 Å². The van der Waals surface area contributed by atoms with Gasteiger partial charge in [-0.15, -0.1) is 0 Å². The van der Waals surface area contributed by atoms with Gasteiger partial charge in [0.1, 0.15) is 0 Å². The molecular weight excluding hydrogens is 210 g/mol. The fourth-order valence-corrected chi connectivity index (χ4v) is 2.31. The Morgan fingerprint density at radius 3 is 2.88 bits per heavy atom. The van der Waals surface area contributed by atoms with E-state index in [-0.39, 0.29) is 0 Å². The van der Waals surface area contributed by atoms with Crippen LogP contribution in [-0.2, 0) is 11.2 Å². The molecule has 17 heavy (non-hydrogen) atoms. The van der Waals surface area contributed by atoms with E-state index in [4.69, 9.17) is 4.74 Å². The van der Waals surface area contributed by atoms with E-state index in [0.717, 1.165) is 26.3 Å². The highest BCUT2D eigenvalue weighted by Gasteiger charge is 2.14. The zero-order valence-electron chi connectivity index (χ0n) is 10.7. The monoisotopic (exact) mass is 232 g/mol. The average molecular weight is 232 g/mol. The molecule has 0 saturated carbocycles. The molecule has 0 spiro atoms. The Kier molecular flexibility index (Phi) is 4.87. The molecule has 1 aliphatic heterocycles. The van der Waals surface area contributed by atoms with Crippen LogP contribution < -0.4 is 4.90 Å². The first kappa shape index (κ1) is 12.4. The first-order chi connectivity index (χ1) is 8.42. The van der Waals surface area contributed by atoms with Crippen LogP contribution >= 0.6 is 0 Å². The summed E-state index contributed by atoms with van der Waals surface area (Å²) in [5, 5.41) is 0. The molecule has 2 heteroatoms. The van der Waals surface area contributed by atoms with Crippen molar-refractivity contribution in [1.82, 2.24) is 0 Å². The number of hydrogen-bond acceptors (Lipinski definition) is 2. The van der Waals surface area contributed by atoms with Crippen LogP contribution in [0, 0.1) is 6.07 Å². The van der Waals surface area contributed by atoms with E-state index in [1.165, 1.54) is 36.9 Å². The lowest BCUT2D eigenvalue weighted by Crippen LogP contribution is -2.36. The summed E-state index contributed by atoms with van der Waals surface area (Å²) in [6.45, 7) is 5.94. The predicted octanol–water partition coefficient (Wildman–Crippen LogP) is 3.06. The van der Waals surface area contributed by atoms with E-state index in [2.05, 4.69) is 30.0 Å². The molecule has 0 bridgehead atoms. The summed E-state index contributed by atoms with van der Waals surface area (Å²) in [5.74, 6) is 0. The zero-order valence-corrected chi connectivity index (χ0v) is 10.7. The van der Waals surface area contributed by atoms with E-state index in [0.29, 0.717) is 0 Å². The molecule has 1 radical (unpaired) electrons. The molecule has 1 fully saturated rings. The molecule has 0 N–H and O–H groups in total. The molecule has 2 rings (SSSR count). The maximum Gasteiger partial charge on any atom is 0.0642 e. The van der Waals surface area contributed by atoms with Gasteiger partial charge in [-0.05, 0) is 18.4 Å². The van der Waals surface area contributed by atoms with Crippen molar-refractivity contribution in [2.24, 2.45) is 0 Å². The number of nitrogens with zero attached hydrogens (tertiary/aromatic N) is 1. The Bertz CT molecular complexity index is 331. The molecule has 0 aliphatic carbocycles. The summed E-state index contributed by atoms with van der Waals surface area (Å²) in [6.07, 6.45) is 5.06. The van der Waals surface area contributed by atoms with Crippen molar-refractivity contribution in [3.05, 3.63) is 29.8 Å². The van der Waals surface area contributed by atoms with Crippen molar-refractivity contribution in [3.8, 4) is 0 Å². The van der Waals surface area contributed by atoms with Crippen molar-refractivity contribution >= 4 is 5.69 Å². The van der Waals surface area contributed by atoms with Gasteiger partial charge >= 0.3 is 0 Å². The van der Waals surface area contributed by atoms with Crippen molar-refractivity contribution < 1.29 is 4.74 Å². The van der Waals surface area contributed by atoms with Crippen LogP contribution in [0.25, 0.3) is 0 Å². The quantitative estimate of drug-likeness (QED) is 0.723. The summed E-state index contributed by atoms with van der Waals surface area (Å²) < 4.78 is 5.40. The number of unbranched alkanes of at least 4 members (excludes halogenated alkanes) is 2. The molecule has 0 aromatic heterocycles. The summed E-state index contributed by atoms with van der Waals surface area (Å²) in [7, 11) is 0. The minimum atomic E-state index is 0.844. The number of benzene rings is 1. The molecule has 93 valence electrons. The van der Waals surface area contributed by atoms with Crippen molar-refractivity contribution in [3.63, 3.8) is 0 Å². The normalized spacial score (nSPS) is 16.2. The SMILES string of the molecule is CCCCCc1ccc[c]c1N1CCOCC1. The number of aryl methyl sites for hydroxylation is 1. The fourth-order valence-electron chi connectivity index (χ4n) is 2.31. The number of hydrogen-bond donors (Lipinski definition) is 0. The molecule has 0 atom stereocenters. The first-order valence-corrected chi connectivity index (χ1v) is 6.74. The molecule has 1 saturated heterocycles. The summed E-state index contributed by atoms with van der Waals surface area (Å²) in [6, 6.07) is 9.78. The van der Waals surface area contributed by atoms with Gasteiger partial charge in [0.2, 0.25) is 0 Å². The molecule has 2 nitrogen and oxygen atoms in total. The van der Waals surface area contributed by atoms with Gasteiger partial charge in [0, 0.05) is 24.8 Å². The van der Waals surface area contributed by atoms with E-state index < -0.39 is 0 Å². The van der Waals surface area contributed by atoms with Crippen molar-refractivity contribution in [2.45, 2.75) is 32.6 Å². The second-order valence-corrected chi connectivity index (χ2v) is 4.60. The van der Waals surface area contributed by atoms with Crippen molar-refractivity contribution in [1.29, 1.82) is 0 Å². The van der Waals surface area contributed by atoms with Gasteiger partial charge in [-0.25, -0.2) is 0 Å². The molecule has 1 aromatic carbocycles. The number of rotatable bonds is 5. The predicted molar refractivity (Wildman–Crippen MR) is 71.5 cm³/mol. The standard InChI is InChI=1S/C15H22NO/c1-2-3-4-7-14-8-5-6-9-15(14)16-10-12-17-13-11-16/h5-6,8H,2-4,7,10-13H2,1H3. The minimum absolute atomic E-state index is 0.844. The molecule has 0 unspecified atom stereocenters. The minimum Gasteiger partial charge on any atom is -0.378 e. The van der Waals surface area contributed by atoms with Crippen molar-refractivity contribution in [2.75, 3.05) is 31.2 Å². The molecule has 1 heterocycles. The first-order valence-electron chi connectivity index (χ1n) is 6.74. The Morgan fingerprint density at radius 1 is 1.29 bits per heavy atom. The fraction of sp³-hybridized carbons (Fsp3) is 0.600. The van der Waals surface area contributed by atoms with Crippen LogP contribution in [0.5, 0.6) is 0 Å². The van der Waals surface area contributed by atoms with Gasteiger partial charge in [-0.1, -0.05) is 38.0 Å². The molecular formula is C15H22NO. The maximum atomic E-state index is 5.40. The van der Waals surface area contributed by atoms with E-state index in [1.807, 2.05) is 6.07 Å². The van der Waals surface area contributed by atoms with Crippen LogP contribution in [0.15, 0.2) is 18.2 Å². The third-order valence-electron chi connectivity index (χ3n) is 3.29. The summed E-state index contributed by atoms with van der Waals surface area (Å²) >= 11 is 0. The molecule has 1 aromatic rings. The molecule has 0 amide bonds. The van der Waals surface area contributed by atoms with E-state index in [1.54, 1.807) is 0 Å². The van der Waals surface area contributed by atoms with Gasteiger partial charge in [0.05, 0.1) is 13.2 Å². The maximum absolute atomic E-state index is 5.40. The van der Waals surface area contributed by atoms with Gasteiger partial charge < -0.3 is 9.64 Å². The zero-order chi connectivity index (χ0) is 11.9. The van der Waals surface area contributed by atoms with Crippen LogP contribution in [0.1, 0.15) is 31.7 Å². The smallest absolute Gasteiger partial charge is 0.0642 e. The lowest BCUT2D eigenvalue weighted by atomic mass is 10.0. The average Bonchev–Trinajstić information content (AvgIpc) is 2.41. The summed E-state index contributed by atoms with van der Waals surface area (Å²) in [5.41, 5.74) is 2.75. The van der Waals surface area contributed by atoms with Gasteiger partial charge in [0.15, 0.2) is 0 Å². The number of ether oxygens (including phenoxy) is 1. The Labute approximate surface area is 105 Å². The second-order valence-electron chi connectivity index (χ2n) is 4.60. The summed E-state index contributed by atoms with van der Waals surface area (Å²) in [4.78, 5) is 2.41. The highest BCUT2D eigenvalue weighted by Crippen LogP contribution is 2.22. The van der Waals surface area contributed by atoms with Gasteiger partial charge in [-0.2, -0.15) is 0 Å². The Morgan fingerprint density at radius 2 is 2.12 bits per heavy atom. The van der Waals surface area contributed by atoms with Gasteiger partial charge in [-0.3, -0.25) is 0 Å². The third-order valence-corrected chi connectivity index (χ3v) is 3.29. The third kappa shape index (κ3) is 3.47. The van der Waals surface area contributed by atoms with Crippen LogP contribution in [0.3, 0.4) is 0 Å². The number of para-hydroxylation sites is 1. The van der Waals surface area contributed by atoms with Crippen LogP contribution in [0.4, 0.5) is 5.69 Å². The van der Waals surface area contributed by atoms with Crippen LogP contribution in [-0.4, -0.2) is 26.3 Å². The van der Waals surface area contributed by atoms with Gasteiger partial charge in [0.25, 0.3) is 0 Å². The van der Waals surface area contributed by atoms with Crippen LogP contribution in [0.2, 0.25) is 0 Å². The highest BCUT2D eigenvalue weighted by atomic mass is 16.5. The highest BCUT2D eigenvalue weighted by molar-refractivity contribution is 5.53. The largest absolute Gasteiger partial charge is 0.378 e. The number of anilines is 1. The number of morpholine rings is 1. The lowest BCUT2D eigenvalue weighted by molar-refractivity contribution is 0.122. The van der Waals surface area contributed by atoms with E-state index >= 15 is 0 Å². The second kappa shape index (κ2) is 6.65. The lowest BCUT2D eigenvalue weighted by Gasteiger charge is -2.30. The molecule has 1 aliphatic rings. The topological polar surface area (TPSA) is 12.5 Å². The Hall–Kier alpha value is -1.02.